The molecule has 2 aromatic carbocycles. The van der Waals surface area contributed by atoms with Crippen molar-refractivity contribution in [1.82, 2.24) is 14.2 Å². The van der Waals surface area contributed by atoms with E-state index < -0.39 is 20.9 Å². The van der Waals surface area contributed by atoms with Gasteiger partial charge in [-0.25, -0.2) is 12.7 Å². The predicted molar refractivity (Wildman–Crippen MR) is 124 cm³/mol. The van der Waals surface area contributed by atoms with Gasteiger partial charge in [0.2, 0.25) is 10.0 Å². The Morgan fingerprint density at radius 1 is 1.09 bits per heavy atom. The van der Waals surface area contributed by atoms with Crippen molar-refractivity contribution in [3.05, 3.63) is 90.0 Å². The lowest BCUT2D eigenvalue weighted by Gasteiger charge is -2.12. The Labute approximate surface area is 194 Å². The summed E-state index contributed by atoms with van der Waals surface area (Å²) in [6.07, 6.45) is 0. The minimum Gasteiger partial charge on any atom is -0.347 e. The van der Waals surface area contributed by atoms with Crippen molar-refractivity contribution >= 4 is 33.0 Å². The first kappa shape index (κ1) is 24.3. The SMILES string of the molecule is Cc1c(C(=O)NCc2ccc([N+](=O)[O-])cc2)sc(=O)n1Cc1ccc(S(=O)(=O)N(C)C)cc1. The average Bonchev–Trinajstić information content (AvgIpc) is 3.06. The second kappa shape index (κ2) is 9.65. The summed E-state index contributed by atoms with van der Waals surface area (Å²) in [5, 5.41) is 13.5. The van der Waals surface area contributed by atoms with Gasteiger partial charge in [0.15, 0.2) is 0 Å². The number of carbonyl (C=O) groups excluding carboxylic acids is 1. The van der Waals surface area contributed by atoms with E-state index in [-0.39, 0.29) is 33.4 Å². The molecule has 3 rings (SSSR count). The summed E-state index contributed by atoms with van der Waals surface area (Å²) in [4.78, 5) is 35.5. The van der Waals surface area contributed by atoms with E-state index in [1.54, 1.807) is 31.2 Å². The summed E-state index contributed by atoms with van der Waals surface area (Å²) >= 11 is 0.825. The fourth-order valence-electron chi connectivity index (χ4n) is 3.03. The lowest BCUT2D eigenvalue weighted by Crippen LogP contribution is -2.23. The molecule has 0 saturated carbocycles. The lowest BCUT2D eigenvalue weighted by atomic mass is 10.2. The first-order chi connectivity index (χ1) is 15.5. The van der Waals surface area contributed by atoms with Crippen LogP contribution in [0.5, 0.6) is 0 Å². The van der Waals surface area contributed by atoms with Gasteiger partial charge in [0.05, 0.1) is 16.4 Å². The van der Waals surface area contributed by atoms with Gasteiger partial charge in [-0.1, -0.05) is 35.6 Å². The highest BCUT2D eigenvalue weighted by Crippen LogP contribution is 2.18. The number of carbonyl (C=O) groups is 1. The molecule has 12 heteroatoms. The Hall–Kier alpha value is -3.35. The van der Waals surface area contributed by atoms with Crippen LogP contribution in [0, 0.1) is 17.0 Å². The van der Waals surface area contributed by atoms with Gasteiger partial charge in [-0.3, -0.25) is 24.3 Å². The third-order valence-corrected chi connectivity index (χ3v) is 7.90. The van der Waals surface area contributed by atoms with Crippen molar-refractivity contribution < 1.29 is 18.1 Å². The molecule has 174 valence electrons. The number of sulfonamides is 1. The number of nitrogens with zero attached hydrogens (tertiary/aromatic N) is 3. The Morgan fingerprint density at radius 3 is 2.21 bits per heavy atom. The molecule has 0 atom stereocenters. The van der Waals surface area contributed by atoms with Crippen molar-refractivity contribution in [1.29, 1.82) is 0 Å². The first-order valence-corrected chi connectivity index (χ1v) is 12.0. The maximum Gasteiger partial charge on any atom is 0.308 e. The number of rotatable bonds is 8. The van der Waals surface area contributed by atoms with Crippen LogP contribution in [-0.4, -0.2) is 42.2 Å². The summed E-state index contributed by atoms with van der Waals surface area (Å²) in [7, 11) is -0.645. The summed E-state index contributed by atoms with van der Waals surface area (Å²) in [5.41, 5.74) is 1.86. The fraction of sp³-hybridized carbons (Fsp3) is 0.238. The molecule has 33 heavy (non-hydrogen) atoms. The van der Waals surface area contributed by atoms with E-state index in [9.17, 15) is 28.1 Å². The van der Waals surface area contributed by atoms with Gasteiger partial charge in [-0.15, -0.1) is 0 Å². The van der Waals surface area contributed by atoms with E-state index in [2.05, 4.69) is 5.32 Å². The van der Waals surface area contributed by atoms with Gasteiger partial charge in [0.1, 0.15) is 4.88 Å². The lowest BCUT2D eigenvalue weighted by molar-refractivity contribution is -0.384. The largest absolute Gasteiger partial charge is 0.347 e. The third kappa shape index (κ3) is 5.35. The zero-order valence-corrected chi connectivity index (χ0v) is 19.8. The molecule has 0 bridgehead atoms. The number of nitro benzene ring substituents is 1. The van der Waals surface area contributed by atoms with Gasteiger partial charge in [-0.2, -0.15) is 0 Å². The van der Waals surface area contributed by atoms with E-state index in [1.807, 2.05) is 0 Å². The van der Waals surface area contributed by atoms with Gasteiger partial charge in [0.25, 0.3) is 11.6 Å². The smallest absolute Gasteiger partial charge is 0.308 e. The molecular weight excluding hydrogens is 468 g/mol. The quantitative estimate of drug-likeness (QED) is 0.381. The molecule has 0 unspecified atom stereocenters. The number of benzene rings is 2. The van der Waals surface area contributed by atoms with E-state index in [4.69, 9.17) is 0 Å². The average molecular weight is 491 g/mol. The predicted octanol–water partition coefficient (Wildman–Crippen LogP) is 2.36. The molecule has 0 radical (unpaired) electrons. The number of nitro groups is 1. The second-order valence-electron chi connectivity index (χ2n) is 7.41. The number of aromatic nitrogens is 1. The number of nitrogens with one attached hydrogen (secondary N) is 1. The third-order valence-electron chi connectivity index (χ3n) is 4.99. The molecule has 1 heterocycles. The van der Waals surface area contributed by atoms with Gasteiger partial charge < -0.3 is 5.32 Å². The summed E-state index contributed by atoms with van der Waals surface area (Å²) in [5.74, 6) is -0.417. The monoisotopic (exact) mass is 490 g/mol. The van der Waals surface area contributed by atoms with E-state index in [0.29, 0.717) is 16.8 Å². The Morgan fingerprint density at radius 2 is 1.67 bits per heavy atom. The number of non-ortho nitro benzene ring substituents is 1. The minimum absolute atomic E-state index is 0.0384. The molecule has 0 aliphatic heterocycles. The number of hydrogen-bond acceptors (Lipinski definition) is 7. The zero-order valence-electron chi connectivity index (χ0n) is 18.1. The van der Waals surface area contributed by atoms with Crippen LogP contribution in [-0.2, 0) is 23.1 Å². The van der Waals surface area contributed by atoms with Crippen LogP contribution in [0.1, 0.15) is 26.5 Å². The summed E-state index contributed by atoms with van der Waals surface area (Å²) < 4.78 is 27.0. The Balaban J connectivity index is 1.72. The molecule has 0 saturated heterocycles. The topological polar surface area (TPSA) is 132 Å². The van der Waals surface area contributed by atoms with Gasteiger partial charge >= 0.3 is 4.87 Å². The van der Waals surface area contributed by atoms with Crippen LogP contribution in [0.4, 0.5) is 5.69 Å². The zero-order chi connectivity index (χ0) is 24.3. The maximum atomic E-state index is 12.6. The van der Waals surface area contributed by atoms with Crippen molar-refractivity contribution in [2.75, 3.05) is 14.1 Å². The molecule has 0 spiro atoms. The van der Waals surface area contributed by atoms with Crippen LogP contribution in [0.25, 0.3) is 0 Å². The highest BCUT2D eigenvalue weighted by atomic mass is 32.2. The van der Waals surface area contributed by atoms with Gasteiger partial charge in [0, 0.05) is 38.5 Å². The molecule has 10 nitrogen and oxygen atoms in total. The Kier molecular flexibility index (Phi) is 7.10. The first-order valence-electron chi connectivity index (χ1n) is 9.74. The molecule has 1 aromatic heterocycles. The van der Waals surface area contributed by atoms with Gasteiger partial charge in [-0.05, 0) is 30.2 Å². The second-order valence-corrected chi connectivity index (χ2v) is 10.5. The molecule has 1 N–H and O–H groups in total. The molecule has 0 aliphatic rings. The van der Waals surface area contributed by atoms with Crippen molar-refractivity contribution in [2.45, 2.75) is 24.9 Å². The van der Waals surface area contributed by atoms with Crippen molar-refractivity contribution in [2.24, 2.45) is 0 Å². The normalized spacial score (nSPS) is 11.5. The van der Waals surface area contributed by atoms with Crippen LogP contribution in [0.3, 0.4) is 0 Å². The number of thiazole rings is 1. The van der Waals surface area contributed by atoms with Crippen LogP contribution < -0.4 is 10.2 Å². The standard InChI is InChI=1S/C21H22N4O6S2/c1-14-19(20(26)22-12-15-4-8-17(9-5-15)25(28)29)32-21(27)24(14)13-16-6-10-18(11-7-16)33(30,31)23(2)3/h4-11H,12-13H2,1-3H3,(H,22,26). The van der Waals surface area contributed by atoms with Crippen LogP contribution in [0.15, 0.2) is 58.2 Å². The van der Waals surface area contributed by atoms with E-state index in [1.165, 1.54) is 42.9 Å². The number of hydrogen-bond donors (Lipinski definition) is 1. The molecule has 0 aliphatic carbocycles. The summed E-state index contributed by atoms with van der Waals surface area (Å²) in [6, 6.07) is 12.1. The molecule has 3 aromatic rings. The van der Waals surface area contributed by atoms with E-state index >= 15 is 0 Å². The highest BCUT2D eigenvalue weighted by Gasteiger charge is 2.19. The van der Waals surface area contributed by atoms with E-state index in [0.717, 1.165) is 15.6 Å². The number of amides is 1. The van der Waals surface area contributed by atoms with Crippen molar-refractivity contribution in [3.63, 3.8) is 0 Å². The molecule has 1 amide bonds. The molecular formula is C21H22N4O6S2. The van der Waals surface area contributed by atoms with Crippen molar-refractivity contribution in [3.8, 4) is 0 Å². The maximum absolute atomic E-state index is 12.6. The Bertz CT molecular complexity index is 1340. The molecule has 0 fully saturated rings. The van der Waals surface area contributed by atoms with Crippen LogP contribution in [0.2, 0.25) is 0 Å². The minimum atomic E-state index is -3.55. The fourth-order valence-corrected chi connectivity index (χ4v) is 4.84. The van der Waals surface area contributed by atoms with Crippen LogP contribution >= 0.6 is 11.3 Å². The highest BCUT2D eigenvalue weighted by molar-refractivity contribution is 7.89. The summed E-state index contributed by atoms with van der Waals surface area (Å²) in [6.45, 7) is 2.02.